The first-order chi connectivity index (χ1) is 18.5. The van der Waals surface area contributed by atoms with Gasteiger partial charge in [0, 0.05) is 13.6 Å². The highest BCUT2D eigenvalue weighted by Gasteiger charge is 2.35. The second-order valence-corrected chi connectivity index (χ2v) is 10.6. The van der Waals surface area contributed by atoms with Gasteiger partial charge < -0.3 is 10.2 Å². The molecule has 3 rings (SSSR count). The molecule has 11 heteroatoms. The third kappa shape index (κ3) is 7.38. The molecule has 0 bridgehead atoms. The standard InChI is InChI=1S/C28H30F3N3O4S/c1-3-25(27(36)32-2)33(18-17-21-11-6-4-7-12-21)26(35)20-34(39(37,38)24-15-8-5-9-16-24)23-14-10-13-22(19-23)28(29,30)31/h4-16,19,25H,3,17-18,20H2,1-2H3,(H,32,36)/t25-/m1/s1. The Hall–Kier alpha value is -3.86. The molecule has 3 aromatic carbocycles. The molecule has 208 valence electrons. The van der Waals surface area contributed by atoms with Crippen molar-refractivity contribution >= 4 is 27.5 Å². The van der Waals surface area contributed by atoms with Crippen molar-refractivity contribution in [3.05, 3.63) is 96.1 Å². The number of hydrogen-bond donors (Lipinski definition) is 1. The summed E-state index contributed by atoms with van der Waals surface area (Å²) in [5.74, 6) is -1.16. The second-order valence-electron chi connectivity index (χ2n) is 8.73. The Morgan fingerprint density at radius 2 is 1.54 bits per heavy atom. The monoisotopic (exact) mass is 561 g/mol. The number of nitrogens with one attached hydrogen (secondary N) is 1. The molecule has 0 aromatic heterocycles. The average Bonchev–Trinajstić information content (AvgIpc) is 2.94. The van der Waals surface area contributed by atoms with Crippen LogP contribution in [0.25, 0.3) is 0 Å². The second kappa shape index (κ2) is 12.8. The Bertz CT molecular complexity index is 1370. The van der Waals surface area contributed by atoms with Gasteiger partial charge in [0.05, 0.1) is 16.1 Å². The van der Waals surface area contributed by atoms with E-state index in [-0.39, 0.29) is 23.5 Å². The van der Waals surface area contributed by atoms with Gasteiger partial charge in [0.25, 0.3) is 10.0 Å². The normalized spacial score (nSPS) is 12.4. The molecule has 0 saturated carbocycles. The molecule has 39 heavy (non-hydrogen) atoms. The minimum absolute atomic E-state index is 0.0938. The van der Waals surface area contributed by atoms with E-state index >= 15 is 0 Å². The number of anilines is 1. The van der Waals surface area contributed by atoms with Crippen LogP contribution in [0.15, 0.2) is 89.8 Å². The van der Waals surface area contributed by atoms with Gasteiger partial charge in [-0.25, -0.2) is 8.42 Å². The van der Waals surface area contributed by atoms with E-state index in [2.05, 4.69) is 5.32 Å². The third-order valence-corrected chi connectivity index (χ3v) is 7.98. The summed E-state index contributed by atoms with van der Waals surface area (Å²) in [7, 11) is -3.02. The number of halogens is 3. The molecule has 0 aliphatic carbocycles. The Morgan fingerprint density at radius 3 is 2.10 bits per heavy atom. The lowest BCUT2D eigenvalue weighted by Gasteiger charge is -2.33. The highest BCUT2D eigenvalue weighted by atomic mass is 32.2. The zero-order valence-corrected chi connectivity index (χ0v) is 22.4. The number of carbonyl (C=O) groups excluding carboxylic acids is 2. The van der Waals surface area contributed by atoms with E-state index in [0.717, 1.165) is 17.7 Å². The first kappa shape index (κ1) is 29.7. The van der Waals surface area contributed by atoms with Crippen LogP contribution < -0.4 is 9.62 Å². The molecule has 2 amide bonds. The molecule has 3 aromatic rings. The van der Waals surface area contributed by atoms with E-state index in [1.54, 1.807) is 13.0 Å². The van der Waals surface area contributed by atoms with Gasteiger partial charge in [-0.15, -0.1) is 0 Å². The molecule has 7 nitrogen and oxygen atoms in total. The predicted octanol–water partition coefficient (Wildman–Crippen LogP) is 4.50. The van der Waals surface area contributed by atoms with Crippen molar-refractivity contribution in [1.29, 1.82) is 0 Å². The zero-order valence-electron chi connectivity index (χ0n) is 21.6. The Morgan fingerprint density at radius 1 is 0.923 bits per heavy atom. The SMILES string of the molecule is CC[C@H](C(=O)NC)N(CCc1ccccc1)C(=O)CN(c1cccc(C(F)(F)F)c1)S(=O)(=O)c1ccccc1. The molecule has 0 aliphatic heterocycles. The lowest BCUT2D eigenvalue weighted by molar-refractivity contribution is -0.139. The fourth-order valence-electron chi connectivity index (χ4n) is 4.15. The van der Waals surface area contributed by atoms with Crippen LogP contribution in [-0.2, 0) is 32.2 Å². The van der Waals surface area contributed by atoms with E-state index in [0.29, 0.717) is 16.8 Å². The molecule has 0 saturated heterocycles. The Balaban J connectivity index is 2.05. The first-order valence-electron chi connectivity index (χ1n) is 12.3. The number of carbonyl (C=O) groups is 2. The number of rotatable bonds is 11. The molecule has 1 N–H and O–H groups in total. The van der Waals surface area contributed by atoms with Crippen LogP contribution >= 0.6 is 0 Å². The van der Waals surface area contributed by atoms with E-state index < -0.39 is 46.2 Å². The van der Waals surface area contributed by atoms with E-state index in [9.17, 15) is 31.2 Å². The molecule has 0 heterocycles. The maximum absolute atomic E-state index is 13.7. The average molecular weight is 562 g/mol. The van der Waals surface area contributed by atoms with Gasteiger partial charge in [-0.05, 0) is 48.7 Å². The predicted molar refractivity (Wildman–Crippen MR) is 142 cm³/mol. The molecule has 1 atom stereocenters. The minimum atomic E-state index is -4.73. The molecule has 0 fully saturated rings. The maximum atomic E-state index is 13.7. The van der Waals surface area contributed by atoms with Crippen molar-refractivity contribution in [3.63, 3.8) is 0 Å². The highest BCUT2D eigenvalue weighted by Crippen LogP contribution is 2.33. The van der Waals surface area contributed by atoms with Gasteiger partial charge in [0.15, 0.2) is 0 Å². The van der Waals surface area contributed by atoms with E-state index in [4.69, 9.17) is 0 Å². The highest BCUT2D eigenvalue weighted by molar-refractivity contribution is 7.92. The quantitative estimate of drug-likeness (QED) is 0.374. The van der Waals surface area contributed by atoms with Crippen molar-refractivity contribution < 1.29 is 31.2 Å². The van der Waals surface area contributed by atoms with Gasteiger partial charge in [-0.1, -0.05) is 61.5 Å². The van der Waals surface area contributed by atoms with Crippen LogP contribution in [0.1, 0.15) is 24.5 Å². The molecular formula is C28H30F3N3O4S. The van der Waals surface area contributed by atoms with Crippen molar-refractivity contribution in [1.82, 2.24) is 10.2 Å². The largest absolute Gasteiger partial charge is 0.416 e. The number of likely N-dealkylation sites (N-methyl/N-ethyl adjacent to an activating group) is 1. The number of benzene rings is 3. The van der Waals surface area contributed by atoms with Crippen molar-refractivity contribution in [2.24, 2.45) is 0 Å². The smallest absolute Gasteiger partial charge is 0.357 e. The van der Waals surface area contributed by atoms with Gasteiger partial charge in [0.2, 0.25) is 11.8 Å². The first-order valence-corrected chi connectivity index (χ1v) is 13.7. The molecular weight excluding hydrogens is 531 g/mol. The molecule has 0 aliphatic rings. The summed E-state index contributed by atoms with van der Waals surface area (Å²) in [4.78, 5) is 27.5. The van der Waals surface area contributed by atoms with Gasteiger partial charge in [-0.2, -0.15) is 13.2 Å². The lowest BCUT2D eigenvalue weighted by atomic mass is 10.1. The van der Waals surface area contributed by atoms with E-state index in [1.165, 1.54) is 42.3 Å². The Kier molecular flexibility index (Phi) is 9.74. The van der Waals surface area contributed by atoms with Crippen molar-refractivity contribution in [3.8, 4) is 0 Å². The molecule has 0 radical (unpaired) electrons. The van der Waals surface area contributed by atoms with Gasteiger partial charge >= 0.3 is 6.18 Å². The van der Waals surface area contributed by atoms with Crippen molar-refractivity contribution in [2.75, 3.05) is 24.4 Å². The third-order valence-electron chi connectivity index (χ3n) is 6.19. The molecule has 0 spiro atoms. The van der Waals surface area contributed by atoms with E-state index in [1.807, 2.05) is 30.3 Å². The van der Waals surface area contributed by atoms with Crippen LogP contribution in [0, 0.1) is 0 Å². The fraction of sp³-hybridized carbons (Fsp3) is 0.286. The summed E-state index contributed by atoms with van der Waals surface area (Å²) in [6, 6.07) is 19.3. The van der Waals surface area contributed by atoms with Crippen LogP contribution in [0.4, 0.5) is 18.9 Å². The number of amides is 2. The van der Waals surface area contributed by atoms with Crippen LogP contribution in [0.2, 0.25) is 0 Å². The van der Waals surface area contributed by atoms with Crippen LogP contribution in [0.5, 0.6) is 0 Å². The summed E-state index contributed by atoms with van der Waals surface area (Å²) in [6.45, 7) is 1.01. The summed E-state index contributed by atoms with van der Waals surface area (Å²) in [5.41, 5.74) is -0.481. The van der Waals surface area contributed by atoms with Gasteiger partial charge in [-0.3, -0.25) is 13.9 Å². The summed E-state index contributed by atoms with van der Waals surface area (Å²) >= 11 is 0. The number of sulfonamides is 1. The lowest BCUT2D eigenvalue weighted by Crippen LogP contribution is -2.52. The van der Waals surface area contributed by atoms with Gasteiger partial charge in [0.1, 0.15) is 12.6 Å². The summed E-state index contributed by atoms with van der Waals surface area (Å²) in [6.07, 6.45) is -4.10. The maximum Gasteiger partial charge on any atom is 0.416 e. The zero-order chi connectivity index (χ0) is 28.6. The summed E-state index contributed by atoms with van der Waals surface area (Å²) in [5, 5.41) is 2.53. The van der Waals surface area contributed by atoms with Crippen LogP contribution in [-0.4, -0.2) is 51.3 Å². The topological polar surface area (TPSA) is 86.8 Å². The van der Waals surface area contributed by atoms with Crippen molar-refractivity contribution in [2.45, 2.75) is 36.9 Å². The number of alkyl halides is 3. The van der Waals surface area contributed by atoms with Crippen LogP contribution in [0.3, 0.4) is 0 Å². The Labute approximate surface area is 226 Å². The fourth-order valence-corrected chi connectivity index (χ4v) is 5.58. The number of hydrogen-bond acceptors (Lipinski definition) is 4. The molecule has 0 unspecified atom stereocenters. The minimum Gasteiger partial charge on any atom is -0.357 e. The number of nitrogens with zero attached hydrogens (tertiary/aromatic N) is 2. The summed E-state index contributed by atoms with van der Waals surface area (Å²) < 4.78 is 68.5.